The maximum absolute atomic E-state index is 13.3. The van der Waals surface area contributed by atoms with Gasteiger partial charge in [0.2, 0.25) is 5.91 Å². The van der Waals surface area contributed by atoms with Gasteiger partial charge in [-0.2, -0.15) is 0 Å². The SMILES string of the molecule is CC(Sc1ccc(NC(=O)/C(=C/c2c(Cl)cccc2Cl)NC(=O)c2ccccc2)cc1)C(=O)Nc1ccccc1. The van der Waals surface area contributed by atoms with Gasteiger partial charge in [0.05, 0.1) is 5.25 Å². The van der Waals surface area contributed by atoms with E-state index in [2.05, 4.69) is 16.0 Å². The first-order valence-electron chi connectivity index (χ1n) is 12.3. The van der Waals surface area contributed by atoms with E-state index in [9.17, 15) is 14.4 Å². The predicted octanol–water partition coefficient (Wildman–Crippen LogP) is 7.52. The van der Waals surface area contributed by atoms with Crippen molar-refractivity contribution in [1.29, 1.82) is 0 Å². The highest BCUT2D eigenvalue weighted by atomic mass is 35.5. The van der Waals surface area contributed by atoms with Gasteiger partial charge in [-0.1, -0.05) is 65.7 Å². The van der Waals surface area contributed by atoms with Gasteiger partial charge < -0.3 is 16.0 Å². The quantitative estimate of drug-likeness (QED) is 0.139. The third-order valence-corrected chi connectivity index (χ3v) is 7.42. The van der Waals surface area contributed by atoms with E-state index in [0.29, 0.717) is 26.9 Å². The van der Waals surface area contributed by atoms with Crippen LogP contribution in [0.25, 0.3) is 6.08 Å². The van der Waals surface area contributed by atoms with Crippen LogP contribution in [0.3, 0.4) is 0 Å². The molecule has 3 amide bonds. The Morgan fingerprint density at radius 1 is 0.725 bits per heavy atom. The summed E-state index contributed by atoms with van der Waals surface area (Å²) in [5, 5.41) is 8.68. The molecule has 6 nitrogen and oxygen atoms in total. The van der Waals surface area contributed by atoms with Gasteiger partial charge in [0.15, 0.2) is 0 Å². The molecule has 9 heteroatoms. The molecule has 0 aliphatic heterocycles. The summed E-state index contributed by atoms with van der Waals surface area (Å²) in [6.07, 6.45) is 1.44. The molecule has 3 N–H and O–H groups in total. The predicted molar refractivity (Wildman–Crippen MR) is 164 cm³/mol. The van der Waals surface area contributed by atoms with Crippen molar-refractivity contribution >= 4 is 70.1 Å². The second-order valence-electron chi connectivity index (χ2n) is 8.61. The van der Waals surface area contributed by atoms with Gasteiger partial charge in [-0.3, -0.25) is 14.4 Å². The minimum Gasteiger partial charge on any atom is -0.325 e. The fourth-order valence-corrected chi connectivity index (χ4v) is 4.95. The van der Waals surface area contributed by atoms with Crippen molar-refractivity contribution in [3.8, 4) is 0 Å². The number of para-hydroxylation sites is 1. The van der Waals surface area contributed by atoms with Gasteiger partial charge in [-0.05, 0) is 73.7 Å². The molecule has 0 spiro atoms. The van der Waals surface area contributed by atoms with Crippen molar-refractivity contribution in [3.63, 3.8) is 0 Å². The number of thioether (sulfide) groups is 1. The van der Waals surface area contributed by atoms with Crippen molar-refractivity contribution in [3.05, 3.63) is 130 Å². The number of amides is 3. The van der Waals surface area contributed by atoms with Crippen molar-refractivity contribution < 1.29 is 14.4 Å². The molecule has 0 heterocycles. The lowest BCUT2D eigenvalue weighted by Gasteiger charge is -2.14. The van der Waals surface area contributed by atoms with Crippen molar-refractivity contribution in [1.82, 2.24) is 5.32 Å². The number of nitrogens with one attached hydrogen (secondary N) is 3. The average Bonchev–Trinajstić information content (AvgIpc) is 2.96. The lowest BCUT2D eigenvalue weighted by atomic mass is 10.1. The summed E-state index contributed by atoms with van der Waals surface area (Å²) in [5.74, 6) is -1.13. The van der Waals surface area contributed by atoms with E-state index in [4.69, 9.17) is 23.2 Å². The fourth-order valence-electron chi connectivity index (χ4n) is 3.57. The molecule has 4 aromatic rings. The molecule has 0 aromatic heterocycles. The summed E-state index contributed by atoms with van der Waals surface area (Å²) in [4.78, 5) is 39.5. The Balaban J connectivity index is 1.47. The largest absolute Gasteiger partial charge is 0.325 e. The highest BCUT2D eigenvalue weighted by molar-refractivity contribution is 8.00. The minimum atomic E-state index is -0.559. The number of carbonyl (C=O) groups is 3. The first-order valence-corrected chi connectivity index (χ1v) is 13.9. The number of anilines is 2. The van der Waals surface area contributed by atoms with Gasteiger partial charge in [0.25, 0.3) is 11.8 Å². The number of benzene rings is 4. The number of halogens is 2. The summed E-state index contributed by atoms with van der Waals surface area (Å²) >= 11 is 14.0. The highest BCUT2D eigenvalue weighted by Gasteiger charge is 2.18. The zero-order valence-electron chi connectivity index (χ0n) is 21.4. The smallest absolute Gasteiger partial charge is 0.272 e. The molecular formula is C31H25Cl2N3O3S. The molecule has 1 unspecified atom stereocenters. The summed E-state index contributed by atoms with van der Waals surface area (Å²) in [6.45, 7) is 1.82. The standard InChI is InChI=1S/C31H25Cl2N3O3S/c1-20(29(37)34-22-11-6-3-7-12-22)40-24-17-15-23(16-18-24)35-31(39)28(19-25-26(32)13-8-14-27(25)33)36-30(38)21-9-4-2-5-10-21/h2-20H,1H3,(H,34,37)(H,35,39)(H,36,38)/b28-19-. The Hall–Kier alpha value is -4.04. The molecule has 40 heavy (non-hydrogen) atoms. The van der Waals surface area contributed by atoms with Crippen LogP contribution in [0.2, 0.25) is 10.0 Å². The number of rotatable bonds is 9. The third kappa shape index (κ3) is 7.99. The number of hydrogen-bond donors (Lipinski definition) is 3. The van der Waals surface area contributed by atoms with Gasteiger partial charge in [-0.15, -0.1) is 11.8 Å². The summed E-state index contributed by atoms with van der Waals surface area (Å²) < 4.78 is 0. The zero-order valence-corrected chi connectivity index (χ0v) is 23.7. The Kier molecular flexibility index (Phi) is 10.0. The maximum atomic E-state index is 13.3. The van der Waals surface area contributed by atoms with Crippen LogP contribution in [-0.4, -0.2) is 23.0 Å². The maximum Gasteiger partial charge on any atom is 0.272 e. The van der Waals surface area contributed by atoms with Crippen LogP contribution in [0.5, 0.6) is 0 Å². The van der Waals surface area contributed by atoms with Crippen molar-refractivity contribution in [2.45, 2.75) is 17.1 Å². The van der Waals surface area contributed by atoms with E-state index in [1.165, 1.54) is 17.8 Å². The molecule has 0 fully saturated rings. The molecule has 1 atom stereocenters. The Labute approximate surface area is 246 Å². The Morgan fingerprint density at radius 3 is 1.93 bits per heavy atom. The summed E-state index contributed by atoms with van der Waals surface area (Å²) in [5.41, 5.74) is 1.99. The second-order valence-corrected chi connectivity index (χ2v) is 10.8. The summed E-state index contributed by atoms with van der Waals surface area (Å²) in [7, 11) is 0. The van der Waals surface area contributed by atoms with E-state index in [1.807, 2.05) is 49.4 Å². The van der Waals surface area contributed by atoms with Gasteiger partial charge >= 0.3 is 0 Å². The molecule has 202 valence electrons. The first-order chi connectivity index (χ1) is 19.3. The number of carbonyl (C=O) groups excluding carboxylic acids is 3. The monoisotopic (exact) mass is 589 g/mol. The van der Waals surface area contributed by atoms with Crippen LogP contribution < -0.4 is 16.0 Å². The molecular weight excluding hydrogens is 565 g/mol. The molecule has 0 saturated carbocycles. The Morgan fingerprint density at radius 2 is 1.30 bits per heavy atom. The fraction of sp³-hybridized carbons (Fsp3) is 0.0645. The van der Waals surface area contributed by atoms with Gasteiger partial charge in [0, 0.05) is 37.4 Å². The Bertz CT molecular complexity index is 1510. The molecule has 0 aliphatic rings. The topological polar surface area (TPSA) is 87.3 Å². The molecule has 0 saturated heterocycles. The molecule has 0 aliphatic carbocycles. The molecule has 0 radical (unpaired) electrons. The second kappa shape index (κ2) is 13.8. The van der Waals surface area contributed by atoms with Crippen LogP contribution >= 0.6 is 35.0 Å². The van der Waals surface area contributed by atoms with Crippen LogP contribution in [0.15, 0.2) is 114 Å². The lowest BCUT2D eigenvalue weighted by Crippen LogP contribution is -2.30. The van der Waals surface area contributed by atoms with Gasteiger partial charge in [0.1, 0.15) is 5.70 Å². The van der Waals surface area contributed by atoms with E-state index in [-0.39, 0.29) is 16.9 Å². The highest BCUT2D eigenvalue weighted by Crippen LogP contribution is 2.28. The number of hydrogen-bond acceptors (Lipinski definition) is 4. The normalized spacial score (nSPS) is 11.8. The van der Waals surface area contributed by atoms with Crippen LogP contribution in [0, 0.1) is 0 Å². The summed E-state index contributed by atoms with van der Waals surface area (Å²) in [6, 6.07) is 29.9. The van der Waals surface area contributed by atoms with E-state index in [1.54, 1.807) is 60.7 Å². The molecule has 4 rings (SSSR count). The van der Waals surface area contributed by atoms with Crippen molar-refractivity contribution in [2.24, 2.45) is 0 Å². The van der Waals surface area contributed by atoms with Gasteiger partial charge in [-0.25, -0.2) is 0 Å². The van der Waals surface area contributed by atoms with Crippen LogP contribution in [-0.2, 0) is 9.59 Å². The zero-order chi connectivity index (χ0) is 28.5. The third-order valence-electron chi connectivity index (χ3n) is 5.65. The van der Waals surface area contributed by atoms with E-state index < -0.39 is 11.8 Å². The van der Waals surface area contributed by atoms with E-state index >= 15 is 0 Å². The molecule has 4 aromatic carbocycles. The van der Waals surface area contributed by atoms with E-state index in [0.717, 1.165) is 10.6 Å². The lowest BCUT2D eigenvalue weighted by molar-refractivity contribution is -0.115. The minimum absolute atomic E-state index is 0.0338. The van der Waals surface area contributed by atoms with Crippen molar-refractivity contribution in [2.75, 3.05) is 10.6 Å². The van der Waals surface area contributed by atoms with Crippen LogP contribution in [0.1, 0.15) is 22.8 Å². The molecule has 0 bridgehead atoms. The average molecular weight is 591 g/mol. The first kappa shape index (κ1) is 29.0. The van der Waals surface area contributed by atoms with Crippen LogP contribution in [0.4, 0.5) is 11.4 Å².